The van der Waals surface area contributed by atoms with E-state index in [4.69, 9.17) is 0 Å². The maximum atomic E-state index is 13.4. The van der Waals surface area contributed by atoms with E-state index in [-0.39, 0.29) is 0 Å². The van der Waals surface area contributed by atoms with Crippen LogP contribution in [0.3, 0.4) is 0 Å². The average Bonchev–Trinajstić information content (AvgIpc) is 2.50. The summed E-state index contributed by atoms with van der Waals surface area (Å²) in [6, 6.07) is 9.93. The maximum Gasteiger partial charge on any atom is 0.194 e. The van der Waals surface area contributed by atoms with Crippen LogP contribution in [-0.2, 0) is 0 Å². The van der Waals surface area contributed by atoms with Crippen molar-refractivity contribution in [2.24, 2.45) is 11.3 Å². The van der Waals surface area contributed by atoms with Crippen molar-refractivity contribution in [3.63, 3.8) is 0 Å². The van der Waals surface area contributed by atoms with Gasteiger partial charge in [-0.05, 0) is 71.8 Å². The zero-order valence-electron chi connectivity index (χ0n) is 13.8. The molecule has 2 fully saturated rings. The summed E-state index contributed by atoms with van der Waals surface area (Å²) in [5.74, 6) is -2.17. The predicted molar refractivity (Wildman–Crippen MR) is 89.2 cm³/mol. The third-order valence-electron chi connectivity index (χ3n) is 6.08. The molecule has 2 aromatic rings. The number of benzene rings is 2. The first-order chi connectivity index (χ1) is 11.5. The molecule has 2 aromatic carbocycles. The molecule has 0 N–H and O–H groups in total. The number of hydrogen-bond donors (Lipinski definition) is 0. The molecule has 0 aliphatic heterocycles. The van der Waals surface area contributed by atoms with Gasteiger partial charge in [0.2, 0.25) is 0 Å². The molecule has 24 heavy (non-hydrogen) atoms. The van der Waals surface area contributed by atoms with Gasteiger partial charge in [-0.2, -0.15) is 0 Å². The van der Waals surface area contributed by atoms with Crippen LogP contribution in [0, 0.1) is 28.8 Å². The van der Waals surface area contributed by atoms with E-state index in [1.807, 2.05) is 24.3 Å². The van der Waals surface area contributed by atoms with Crippen molar-refractivity contribution >= 4 is 0 Å². The Balaban J connectivity index is 1.46. The predicted octanol–water partition coefficient (Wildman–Crippen LogP) is 6.45. The van der Waals surface area contributed by atoms with Gasteiger partial charge >= 0.3 is 0 Å². The molecule has 1 spiro atoms. The molecule has 0 aromatic heterocycles. The average molecular weight is 330 g/mol. The smallest absolute Gasteiger partial charge is 0.194 e. The first kappa shape index (κ1) is 15.7. The quantitative estimate of drug-likeness (QED) is 0.567. The summed E-state index contributed by atoms with van der Waals surface area (Å²) in [6.07, 6.45) is 6.59. The van der Waals surface area contributed by atoms with Crippen molar-refractivity contribution < 1.29 is 13.2 Å². The number of rotatable bonds is 3. The third-order valence-corrected chi connectivity index (χ3v) is 6.08. The Bertz CT molecular complexity index is 726. The summed E-state index contributed by atoms with van der Waals surface area (Å²) in [5.41, 5.74) is 2.98. The zero-order chi connectivity index (χ0) is 16.9. The standard InChI is InChI=1S/C21H21F3/c1-2-13-9-21(10-13)11-17(12-21)15-5-3-14(4-6-15)16-7-18(22)20(24)19(23)8-16/h3-8,13,17H,2,9-12H2,1H3. The summed E-state index contributed by atoms with van der Waals surface area (Å²) in [6.45, 7) is 2.27. The topological polar surface area (TPSA) is 0 Å². The molecule has 2 aliphatic rings. The van der Waals surface area contributed by atoms with Crippen LogP contribution in [0.4, 0.5) is 13.2 Å². The van der Waals surface area contributed by atoms with Gasteiger partial charge in [0.25, 0.3) is 0 Å². The van der Waals surface area contributed by atoms with Gasteiger partial charge in [0.05, 0.1) is 0 Å². The van der Waals surface area contributed by atoms with Gasteiger partial charge in [-0.25, -0.2) is 13.2 Å². The highest BCUT2D eigenvalue weighted by Crippen LogP contribution is 2.64. The van der Waals surface area contributed by atoms with Gasteiger partial charge in [-0.15, -0.1) is 0 Å². The van der Waals surface area contributed by atoms with Crippen LogP contribution in [-0.4, -0.2) is 0 Å². The molecule has 0 atom stereocenters. The van der Waals surface area contributed by atoms with E-state index in [2.05, 4.69) is 6.92 Å². The Kier molecular flexibility index (Phi) is 3.70. The Morgan fingerprint density at radius 2 is 1.46 bits per heavy atom. The summed E-state index contributed by atoms with van der Waals surface area (Å²) in [5, 5.41) is 0. The first-order valence-corrected chi connectivity index (χ1v) is 8.74. The summed E-state index contributed by atoms with van der Waals surface area (Å²) < 4.78 is 39.8. The molecule has 2 saturated carbocycles. The second-order valence-electron chi connectivity index (χ2n) is 7.66. The Hall–Kier alpha value is -1.77. The summed E-state index contributed by atoms with van der Waals surface area (Å²) in [4.78, 5) is 0. The Morgan fingerprint density at radius 3 is 2.00 bits per heavy atom. The fraction of sp³-hybridized carbons (Fsp3) is 0.429. The minimum absolute atomic E-state index is 0.368. The van der Waals surface area contributed by atoms with E-state index in [0.717, 1.165) is 18.1 Å². The molecule has 126 valence electrons. The van der Waals surface area contributed by atoms with Gasteiger partial charge < -0.3 is 0 Å². The fourth-order valence-corrected chi connectivity index (χ4v) is 4.68. The van der Waals surface area contributed by atoms with Gasteiger partial charge in [0.15, 0.2) is 17.5 Å². The zero-order valence-corrected chi connectivity index (χ0v) is 13.8. The van der Waals surface area contributed by atoms with Crippen LogP contribution in [0.1, 0.15) is 50.5 Å². The molecule has 0 saturated heterocycles. The Labute approximate surface area is 140 Å². The number of halogens is 3. The molecule has 0 heterocycles. The summed E-state index contributed by atoms with van der Waals surface area (Å²) >= 11 is 0. The van der Waals surface area contributed by atoms with Crippen molar-refractivity contribution in [1.82, 2.24) is 0 Å². The van der Waals surface area contributed by atoms with Crippen molar-refractivity contribution in [1.29, 1.82) is 0 Å². The molecular formula is C21H21F3. The maximum absolute atomic E-state index is 13.4. The minimum Gasteiger partial charge on any atom is -0.204 e. The lowest BCUT2D eigenvalue weighted by atomic mass is 9.47. The highest BCUT2D eigenvalue weighted by molar-refractivity contribution is 5.64. The molecule has 0 unspecified atom stereocenters. The van der Waals surface area contributed by atoms with Gasteiger partial charge in [0, 0.05) is 0 Å². The molecule has 0 nitrogen and oxygen atoms in total. The second kappa shape index (κ2) is 5.65. The highest BCUT2D eigenvalue weighted by atomic mass is 19.2. The van der Waals surface area contributed by atoms with E-state index in [1.54, 1.807) is 0 Å². The van der Waals surface area contributed by atoms with E-state index >= 15 is 0 Å². The molecule has 0 bridgehead atoms. The van der Waals surface area contributed by atoms with E-state index in [0.29, 0.717) is 22.5 Å². The lowest BCUT2D eigenvalue weighted by Crippen LogP contribution is -2.46. The molecule has 3 heteroatoms. The largest absolute Gasteiger partial charge is 0.204 e. The van der Waals surface area contributed by atoms with Crippen molar-refractivity contribution in [2.45, 2.75) is 44.9 Å². The minimum atomic E-state index is -1.42. The molecule has 2 aliphatic carbocycles. The molecular weight excluding hydrogens is 309 g/mol. The van der Waals surface area contributed by atoms with Crippen LogP contribution in [0.25, 0.3) is 11.1 Å². The van der Waals surface area contributed by atoms with E-state index in [1.165, 1.54) is 37.7 Å². The fourth-order valence-electron chi connectivity index (χ4n) is 4.68. The van der Waals surface area contributed by atoms with Gasteiger partial charge in [-0.3, -0.25) is 0 Å². The molecule has 0 radical (unpaired) electrons. The van der Waals surface area contributed by atoms with Crippen molar-refractivity contribution in [3.05, 3.63) is 59.4 Å². The lowest BCUT2D eigenvalue weighted by molar-refractivity contribution is -0.0427. The van der Waals surface area contributed by atoms with Gasteiger partial charge in [0.1, 0.15) is 0 Å². The van der Waals surface area contributed by atoms with Crippen LogP contribution < -0.4 is 0 Å². The van der Waals surface area contributed by atoms with E-state index < -0.39 is 17.5 Å². The first-order valence-electron chi connectivity index (χ1n) is 8.74. The second-order valence-corrected chi connectivity index (χ2v) is 7.66. The summed E-state index contributed by atoms with van der Waals surface area (Å²) in [7, 11) is 0. The number of hydrogen-bond acceptors (Lipinski definition) is 0. The third kappa shape index (κ3) is 2.54. The lowest BCUT2D eigenvalue weighted by Gasteiger charge is -2.58. The molecule has 0 amide bonds. The SMILES string of the molecule is CCC1CC2(C1)CC(c1ccc(-c3cc(F)c(F)c(F)c3)cc1)C2. The highest BCUT2D eigenvalue weighted by Gasteiger charge is 2.52. The van der Waals surface area contributed by atoms with Crippen LogP contribution in [0.5, 0.6) is 0 Å². The van der Waals surface area contributed by atoms with Crippen LogP contribution in [0.2, 0.25) is 0 Å². The van der Waals surface area contributed by atoms with Gasteiger partial charge in [-0.1, -0.05) is 37.6 Å². The monoisotopic (exact) mass is 330 g/mol. The van der Waals surface area contributed by atoms with Crippen molar-refractivity contribution in [3.8, 4) is 11.1 Å². The molecule has 4 rings (SSSR count). The van der Waals surface area contributed by atoms with Crippen molar-refractivity contribution in [2.75, 3.05) is 0 Å². The normalized spacial score (nSPS) is 28.5. The van der Waals surface area contributed by atoms with E-state index in [9.17, 15) is 13.2 Å². The van der Waals surface area contributed by atoms with Crippen LogP contribution >= 0.6 is 0 Å². The van der Waals surface area contributed by atoms with Crippen LogP contribution in [0.15, 0.2) is 36.4 Å². The Morgan fingerprint density at radius 1 is 0.875 bits per heavy atom.